The maximum Gasteiger partial charge on any atom is 0.353 e. The number of thioether (sulfide) groups is 1. The van der Waals surface area contributed by atoms with Crippen LogP contribution in [0.15, 0.2) is 47.7 Å². The van der Waals surface area contributed by atoms with E-state index in [1.807, 2.05) is 0 Å². The van der Waals surface area contributed by atoms with Crippen LogP contribution in [0.25, 0.3) is 0 Å². The van der Waals surface area contributed by atoms with E-state index in [0.29, 0.717) is 5.56 Å². The minimum Gasteiger partial charge on any atom is -0.508 e. The fourth-order valence-electron chi connectivity index (χ4n) is 3.08. The lowest BCUT2D eigenvalue weighted by molar-refractivity contribution is -0.151. The van der Waals surface area contributed by atoms with Gasteiger partial charge in [0.2, 0.25) is 5.91 Å². The number of carbonyl (C=O) groups is 3. The molecular formula is C18H19N3O6S. The number of rotatable bonds is 5. The number of carboxylic acids is 1. The van der Waals surface area contributed by atoms with Crippen molar-refractivity contribution in [1.82, 2.24) is 10.2 Å². The van der Waals surface area contributed by atoms with Crippen LogP contribution >= 0.6 is 11.8 Å². The van der Waals surface area contributed by atoms with Crippen LogP contribution in [-0.4, -0.2) is 54.9 Å². The second-order valence-electron chi connectivity index (χ2n) is 6.25. The molecule has 2 aliphatic rings. The Kier molecular flexibility index (Phi) is 5.45. The molecule has 1 fully saturated rings. The molecule has 6 N–H and O–H groups in total. The number of phenolic OH excluding ortho intramolecular Hbond substituents is 1. The summed E-state index contributed by atoms with van der Waals surface area (Å²) in [5, 5.41) is 30.9. The van der Waals surface area contributed by atoms with Gasteiger partial charge in [-0.2, -0.15) is 0 Å². The third kappa shape index (κ3) is 3.37. The lowest BCUT2D eigenvalue weighted by Gasteiger charge is -2.50. The van der Waals surface area contributed by atoms with E-state index < -0.39 is 40.7 Å². The molecule has 9 nitrogen and oxygen atoms in total. The van der Waals surface area contributed by atoms with Crippen LogP contribution in [0.3, 0.4) is 0 Å². The van der Waals surface area contributed by atoms with Crippen LogP contribution in [0, 0.1) is 0 Å². The number of hydrogen-bond acceptors (Lipinski definition) is 7. The number of amides is 2. The van der Waals surface area contributed by atoms with Gasteiger partial charge >= 0.3 is 5.97 Å². The lowest BCUT2D eigenvalue weighted by atomic mass is 10.0. The van der Waals surface area contributed by atoms with Gasteiger partial charge in [-0.15, -0.1) is 0 Å². The van der Waals surface area contributed by atoms with Crippen LogP contribution in [0.4, 0.5) is 0 Å². The van der Waals surface area contributed by atoms with Gasteiger partial charge in [0.15, 0.2) is 0 Å². The van der Waals surface area contributed by atoms with Gasteiger partial charge in [0, 0.05) is 5.57 Å². The number of β-lactam (4-membered cyclic amide) rings is 1. The fraction of sp³-hybridized carbons (Fsp3) is 0.278. The van der Waals surface area contributed by atoms with Crippen LogP contribution in [0.5, 0.6) is 5.75 Å². The number of aliphatic hydroxyl groups is 1. The molecule has 4 atom stereocenters. The molecule has 3 rings (SSSR count). The highest BCUT2D eigenvalue weighted by molar-refractivity contribution is 8.00. The van der Waals surface area contributed by atoms with E-state index in [2.05, 4.69) is 5.32 Å². The van der Waals surface area contributed by atoms with Crippen molar-refractivity contribution in [3.63, 3.8) is 0 Å². The normalized spacial score (nSPS) is 25.3. The summed E-state index contributed by atoms with van der Waals surface area (Å²) in [5.41, 5.74) is 5.02. The molecule has 2 amide bonds. The highest BCUT2D eigenvalue weighted by atomic mass is 32.2. The minimum absolute atomic E-state index is 0.0266. The monoisotopic (exact) mass is 405 g/mol. The molecule has 28 heavy (non-hydrogen) atoms. The molecule has 1 saturated heterocycles. The number of benzene rings is 1. The third-order valence-electron chi connectivity index (χ3n) is 4.47. The van der Waals surface area contributed by atoms with E-state index in [1.165, 1.54) is 30.3 Å². The molecule has 1 aromatic carbocycles. The zero-order valence-electron chi connectivity index (χ0n) is 14.8. The van der Waals surface area contributed by atoms with Crippen molar-refractivity contribution in [3.05, 3.63) is 53.3 Å². The summed E-state index contributed by atoms with van der Waals surface area (Å²) < 4.78 is 0. The van der Waals surface area contributed by atoms with E-state index in [4.69, 9.17) is 5.73 Å². The van der Waals surface area contributed by atoms with Crippen LogP contribution in [0.1, 0.15) is 18.5 Å². The number of aliphatic hydroxyl groups excluding tert-OH is 1. The molecule has 10 heteroatoms. The van der Waals surface area contributed by atoms with Crippen LogP contribution < -0.4 is 11.1 Å². The Morgan fingerprint density at radius 2 is 1.96 bits per heavy atom. The first-order valence-electron chi connectivity index (χ1n) is 8.38. The summed E-state index contributed by atoms with van der Waals surface area (Å²) in [5.74, 6) is -2.52. The summed E-state index contributed by atoms with van der Waals surface area (Å²) in [7, 11) is 0. The number of nitrogens with one attached hydrogen (secondary N) is 1. The van der Waals surface area contributed by atoms with E-state index in [-0.39, 0.29) is 17.0 Å². The van der Waals surface area contributed by atoms with E-state index in [0.717, 1.165) is 16.7 Å². The molecule has 0 radical (unpaired) electrons. The average Bonchev–Trinajstić information content (AvgIpc) is 2.67. The van der Waals surface area contributed by atoms with E-state index >= 15 is 0 Å². The van der Waals surface area contributed by atoms with E-state index in [1.54, 1.807) is 13.0 Å². The van der Waals surface area contributed by atoms with Crippen LogP contribution in [0.2, 0.25) is 0 Å². The number of phenols is 1. The Balaban J connectivity index is 1.78. The molecule has 0 aliphatic carbocycles. The standard InChI is InChI=1S/C18H19N3O6S/c1-2-3-10-13(17(25)26)21-15(24)12(16(21)28-18(10)27)20-14(23)11(19)8-4-6-9(22)7-5-8/h2-7,11-12,16,18,22,27H,19H2,1H3,(H,20,23)(H,25,26)/b3-2+/t11-,12-,16-,18?/m1/s1. The zero-order valence-corrected chi connectivity index (χ0v) is 15.6. The van der Waals surface area contributed by atoms with Crippen molar-refractivity contribution < 1.29 is 29.7 Å². The number of nitrogens with two attached hydrogens (primary N) is 1. The first-order chi connectivity index (χ1) is 13.3. The van der Waals surface area contributed by atoms with Gasteiger partial charge in [-0.1, -0.05) is 36.0 Å². The molecule has 1 aromatic rings. The summed E-state index contributed by atoms with van der Waals surface area (Å²) in [4.78, 5) is 37.7. The van der Waals surface area contributed by atoms with Crippen molar-refractivity contribution in [2.24, 2.45) is 5.73 Å². The fourth-order valence-corrected chi connectivity index (χ4v) is 4.35. The van der Waals surface area contributed by atoms with Crippen molar-refractivity contribution in [1.29, 1.82) is 0 Å². The van der Waals surface area contributed by atoms with Crippen LogP contribution in [-0.2, 0) is 14.4 Å². The number of carbonyl (C=O) groups excluding carboxylic acids is 2. The Bertz CT molecular complexity index is 882. The number of hydrogen-bond donors (Lipinski definition) is 5. The number of aliphatic carboxylic acids is 1. The van der Waals surface area contributed by atoms with Crippen molar-refractivity contribution >= 4 is 29.5 Å². The quantitative estimate of drug-likeness (QED) is 0.430. The average molecular weight is 405 g/mol. The Morgan fingerprint density at radius 1 is 1.32 bits per heavy atom. The predicted molar refractivity (Wildman–Crippen MR) is 101 cm³/mol. The summed E-state index contributed by atoms with van der Waals surface area (Å²) in [6.45, 7) is 1.67. The van der Waals surface area contributed by atoms with Crippen molar-refractivity contribution in [2.45, 2.75) is 29.8 Å². The van der Waals surface area contributed by atoms with Gasteiger partial charge in [-0.05, 0) is 24.6 Å². The Hall–Kier alpha value is -2.82. The Labute approximate surface area is 164 Å². The molecule has 2 heterocycles. The first-order valence-corrected chi connectivity index (χ1v) is 9.32. The third-order valence-corrected chi connectivity index (χ3v) is 5.75. The SMILES string of the molecule is C/C=C/C1=C(C(=O)O)N2C(=O)[C@@H](NC(=O)[C@H](N)c3ccc(O)cc3)[C@H]2SC1O. The van der Waals surface area contributed by atoms with Gasteiger partial charge in [-0.3, -0.25) is 14.5 Å². The maximum absolute atomic E-state index is 12.5. The van der Waals surface area contributed by atoms with Gasteiger partial charge < -0.3 is 26.4 Å². The smallest absolute Gasteiger partial charge is 0.353 e. The lowest BCUT2D eigenvalue weighted by Crippen LogP contribution is -2.71. The molecule has 0 saturated carbocycles. The second kappa shape index (κ2) is 7.66. The maximum atomic E-state index is 12.5. The molecule has 148 valence electrons. The van der Waals surface area contributed by atoms with Gasteiger partial charge in [-0.25, -0.2) is 4.79 Å². The van der Waals surface area contributed by atoms with Gasteiger partial charge in [0.25, 0.3) is 5.91 Å². The molecule has 0 aromatic heterocycles. The topological polar surface area (TPSA) is 153 Å². The molecule has 0 spiro atoms. The highest BCUT2D eigenvalue weighted by Crippen LogP contribution is 2.43. The second-order valence-corrected chi connectivity index (χ2v) is 7.45. The number of nitrogens with zero attached hydrogens (tertiary/aromatic N) is 1. The van der Waals surface area contributed by atoms with E-state index in [9.17, 15) is 29.7 Å². The van der Waals surface area contributed by atoms with Crippen molar-refractivity contribution in [3.8, 4) is 5.75 Å². The summed E-state index contributed by atoms with van der Waals surface area (Å²) in [6, 6.07) is 3.67. The number of aromatic hydroxyl groups is 1. The first kappa shape index (κ1) is 19.9. The number of allylic oxidation sites excluding steroid dienone is 1. The largest absolute Gasteiger partial charge is 0.508 e. The summed E-state index contributed by atoms with van der Waals surface area (Å²) in [6.07, 6.45) is 3.01. The summed E-state index contributed by atoms with van der Waals surface area (Å²) >= 11 is 0.968. The van der Waals surface area contributed by atoms with Crippen molar-refractivity contribution in [2.75, 3.05) is 0 Å². The Morgan fingerprint density at radius 3 is 2.54 bits per heavy atom. The highest BCUT2D eigenvalue weighted by Gasteiger charge is 2.56. The molecule has 0 bridgehead atoms. The zero-order chi connectivity index (χ0) is 20.6. The van der Waals surface area contributed by atoms with Gasteiger partial charge in [0.1, 0.15) is 34.3 Å². The number of fused-ring (bicyclic) bond motifs is 1. The molecule has 2 aliphatic heterocycles. The number of carboxylic acid groups (broad SMARTS) is 1. The van der Waals surface area contributed by atoms with Gasteiger partial charge in [0.05, 0.1) is 0 Å². The predicted octanol–water partition coefficient (Wildman–Crippen LogP) is 0.0251. The minimum atomic E-state index is -1.34. The molecule has 1 unspecified atom stereocenters. The molecular weight excluding hydrogens is 386 g/mol.